The number of hydrogen-bond acceptors (Lipinski definition) is 5. The SMILES string of the molecule is CC.CCO[C@@H]1C([Se]c2ccccc2)C(NC(=O)OC(C)(C)C)C[C@H]1C(=O)N1CCc2ncc(C(F)(F)F)cc2C1. The molecule has 2 amide bonds. The second kappa shape index (κ2) is 14.0. The van der Waals surface area contributed by atoms with Crippen molar-refractivity contribution in [1.82, 2.24) is 15.2 Å². The van der Waals surface area contributed by atoms with Crippen LogP contribution in [0.15, 0.2) is 42.6 Å². The maximum absolute atomic E-state index is 13.9. The molecule has 2 aliphatic rings. The van der Waals surface area contributed by atoms with Crippen LogP contribution in [0.2, 0.25) is 4.82 Å². The number of nitrogens with one attached hydrogen (secondary N) is 1. The number of alkyl halides is 3. The van der Waals surface area contributed by atoms with Gasteiger partial charge in [0, 0.05) is 0 Å². The molecule has 226 valence electrons. The van der Waals surface area contributed by atoms with Crippen LogP contribution >= 0.6 is 0 Å². The summed E-state index contributed by atoms with van der Waals surface area (Å²) < 4.78 is 52.7. The molecule has 0 radical (unpaired) electrons. The van der Waals surface area contributed by atoms with E-state index in [1.807, 2.05) is 51.1 Å². The van der Waals surface area contributed by atoms with Crippen LogP contribution < -0.4 is 9.78 Å². The van der Waals surface area contributed by atoms with E-state index in [-0.39, 0.29) is 38.3 Å². The molecule has 0 spiro atoms. The first-order valence-corrected chi connectivity index (χ1v) is 15.9. The average molecular weight is 643 g/mol. The fourth-order valence-electron chi connectivity index (χ4n) is 5.05. The Morgan fingerprint density at radius 2 is 1.83 bits per heavy atom. The summed E-state index contributed by atoms with van der Waals surface area (Å²) in [6.07, 6.45) is -3.94. The molecule has 7 nitrogen and oxygen atoms in total. The first-order valence-electron chi connectivity index (χ1n) is 14.0. The van der Waals surface area contributed by atoms with Gasteiger partial charge in [0.15, 0.2) is 0 Å². The van der Waals surface area contributed by atoms with Crippen molar-refractivity contribution in [2.75, 3.05) is 13.2 Å². The number of alkyl carbamates (subject to hydrolysis) is 1. The van der Waals surface area contributed by atoms with Crippen molar-refractivity contribution in [1.29, 1.82) is 0 Å². The number of benzene rings is 1. The predicted molar refractivity (Wildman–Crippen MR) is 152 cm³/mol. The number of rotatable bonds is 6. The summed E-state index contributed by atoms with van der Waals surface area (Å²) in [5, 5.41) is 2.99. The summed E-state index contributed by atoms with van der Waals surface area (Å²) >= 11 is -0.129. The van der Waals surface area contributed by atoms with Gasteiger partial charge in [0.05, 0.1) is 0 Å². The summed E-state index contributed by atoms with van der Waals surface area (Å²) in [6.45, 7) is 12.0. The average Bonchev–Trinajstić information content (AvgIpc) is 3.24. The van der Waals surface area contributed by atoms with E-state index in [1.165, 1.54) is 0 Å². The molecule has 4 rings (SSSR count). The van der Waals surface area contributed by atoms with E-state index in [1.54, 1.807) is 25.7 Å². The van der Waals surface area contributed by atoms with Gasteiger partial charge in [-0.3, -0.25) is 0 Å². The van der Waals surface area contributed by atoms with Gasteiger partial charge in [-0.25, -0.2) is 0 Å². The van der Waals surface area contributed by atoms with Crippen LogP contribution in [0, 0.1) is 5.92 Å². The topological polar surface area (TPSA) is 80.8 Å². The second-order valence-corrected chi connectivity index (χ2v) is 13.4. The van der Waals surface area contributed by atoms with Crippen LogP contribution in [0.3, 0.4) is 0 Å². The maximum atomic E-state index is 13.9. The fraction of sp³-hybridized carbons (Fsp3) is 0.567. The third-order valence-corrected chi connectivity index (χ3v) is 9.66. The molecule has 4 atom stereocenters. The van der Waals surface area contributed by atoms with Crippen LogP contribution in [0.1, 0.15) is 64.8 Å². The Balaban J connectivity index is 0.00000226. The number of carbonyl (C=O) groups is 2. The van der Waals surface area contributed by atoms with Crippen molar-refractivity contribution in [2.24, 2.45) is 5.92 Å². The number of amides is 2. The molecule has 1 N–H and O–H groups in total. The van der Waals surface area contributed by atoms with Gasteiger partial charge in [0.25, 0.3) is 0 Å². The third kappa shape index (κ3) is 8.69. The predicted octanol–water partition coefficient (Wildman–Crippen LogP) is 5.15. The van der Waals surface area contributed by atoms with Gasteiger partial charge < -0.3 is 0 Å². The summed E-state index contributed by atoms with van der Waals surface area (Å²) in [5.41, 5.74) is -0.517. The minimum atomic E-state index is -4.51. The number of carbonyl (C=O) groups excluding carboxylic acids is 2. The van der Waals surface area contributed by atoms with E-state index in [4.69, 9.17) is 9.47 Å². The Morgan fingerprint density at radius 1 is 1.15 bits per heavy atom. The van der Waals surface area contributed by atoms with E-state index in [0.717, 1.165) is 16.7 Å². The molecule has 1 aliphatic carbocycles. The molecular weight excluding hydrogens is 602 g/mol. The Morgan fingerprint density at radius 3 is 2.44 bits per heavy atom. The second-order valence-electron chi connectivity index (χ2n) is 10.7. The zero-order chi connectivity index (χ0) is 30.4. The van der Waals surface area contributed by atoms with Crippen molar-refractivity contribution in [3.63, 3.8) is 0 Å². The number of ether oxygens (including phenoxy) is 2. The van der Waals surface area contributed by atoms with E-state index in [9.17, 15) is 22.8 Å². The number of hydrogen-bond donors (Lipinski definition) is 1. The van der Waals surface area contributed by atoms with E-state index in [0.29, 0.717) is 37.3 Å². The summed E-state index contributed by atoms with van der Waals surface area (Å²) in [6, 6.07) is 10.6. The molecule has 0 bridgehead atoms. The monoisotopic (exact) mass is 643 g/mol. The van der Waals surface area contributed by atoms with Crippen LogP contribution in [-0.4, -0.2) is 67.7 Å². The zero-order valence-corrected chi connectivity index (χ0v) is 26.2. The van der Waals surface area contributed by atoms with Gasteiger partial charge in [-0.1, -0.05) is 13.8 Å². The molecule has 41 heavy (non-hydrogen) atoms. The molecule has 1 fully saturated rings. The normalized spacial score (nSPS) is 22.3. The van der Waals surface area contributed by atoms with Gasteiger partial charge in [0.2, 0.25) is 0 Å². The first-order chi connectivity index (χ1) is 19.4. The van der Waals surface area contributed by atoms with Crippen molar-refractivity contribution >= 4 is 31.4 Å². The number of aromatic nitrogens is 1. The Bertz CT molecular complexity index is 1170. The quantitative estimate of drug-likeness (QED) is 0.442. The van der Waals surface area contributed by atoms with Crippen molar-refractivity contribution in [2.45, 2.75) is 89.7 Å². The number of halogens is 3. The Hall–Kier alpha value is -2.62. The first kappa shape index (κ1) is 32.9. The summed E-state index contributed by atoms with van der Waals surface area (Å²) in [5.74, 6) is -0.736. The van der Waals surface area contributed by atoms with Crippen molar-refractivity contribution < 1.29 is 32.2 Å². The standard InChI is InChI=1S/C28H34F3N3O4Se.C2H6/c1-5-37-23-20(25(35)34-12-11-21-17(16-34)13-18(15-32-21)28(29,30)31)14-22(33-26(36)38-27(2,3)4)24(23)39-19-9-7-6-8-10-19;1-2/h6-10,13,15,20,22-24H,5,11-12,14,16H2,1-4H3,(H,33,36);1-2H3/t20-,22?,23+,24?;/m1./s1. The summed E-state index contributed by atoms with van der Waals surface area (Å²) in [7, 11) is 0. The Labute approximate surface area is 246 Å². The number of nitrogens with zero attached hydrogens (tertiary/aromatic N) is 2. The van der Waals surface area contributed by atoms with Crippen LogP contribution in [0.25, 0.3) is 0 Å². The van der Waals surface area contributed by atoms with Crippen molar-refractivity contribution in [3.8, 4) is 0 Å². The van der Waals surface area contributed by atoms with Gasteiger partial charge in [-0.15, -0.1) is 0 Å². The van der Waals surface area contributed by atoms with E-state index in [2.05, 4.69) is 10.3 Å². The number of pyridine rings is 1. The molecule has 2 aromatic rings. The van der Waals surface area contributed by atoms with Crippen LogP contribution in [0.4, 0.5) is 18.0 Å². The molecule has 1 aliphatic heterocycles. The molecule has 2 heterocycles. The molecule has 1 aromatic heterocycles. The van der Waals surface area contributed by atoms with Gasteiger partial charge >= 0.3 is 233 Å². The Kier molecular flexibility index (Phi) is 11.3. The summed E-state index contributed by atoms with van der Waals surface area (Å²) in [4.78, 5) is 32.1. The fourth-order valence-corrected chi connectivity index (χ4v) is 7.94. The molecule has 1 aromatic carbocycles. The number of fused-ring (bicyclic) bond motifs is 1. The van der Waals surface area contributed by atoms with Gasteiger partial charge in [0.1, 0.15) is 0 Å². The van der Waals surface area contributed by atoms with Crippen molar-refractivity contribution in [3.05, 3.63) is 59.4 Å². The molecule has 1 saturated carbocycles. The van der Waals surface area contributed by atoms with Gasteiger partial charge in [-0.05, 0) is 0 Å². The minimum absolute atomic E-state index is 0.0547. The van der Waals surface area contributed by atoms with Crippen LogP contribution in [0.5, 0.6) is 0 Å². The van der Waals surface area contributed by atoms with Crippen LogP contribution in [-0.2, 0) is 33.4 Å². The zero-order valence-electron chi connectivity index (χ0n) is 24.5. The van der Waals surface area contributed by atoms with E-state index >= 15 is 0 Å². The molecule has 11 heteroatoms. The van der Waals surface area contributed by atoms with Gasteiger partial charge in [-0.2, -0.15) is 0 Å². The van der Waals surface area contributed by atoms with E-state index < -0.39 is 35.5 Å². The molecule has 0 saturated heterocycles. The third-order valence-electron chi connectivity index (χ3n) is 6.70. The molecular formula is C30H40F3N3O4Se. The molecule has 2 unspecified atom stereocenters.